The number of ether oxygens (including phenoxy) is 1. The van der Waals surface area contributed by atoms with E-state index in [0.29, 0.717) is 42.0 Å². The van der Waals surface area contributed by atoms with Crippen molar-refractivity contribution in [2.45, 2.75) is 38.0 Å². The molecule has 1 amide bonds. The van der Waals surface area contributed by atoms with Crippen LogP contribution in [0.1, 0.15) is 35.4 Å². The quantitative estimate of drug-likeness (QED) is 0.310. The second kappa shape index (κ2) is 13.6. The Morgan fingerprint density at radius 3 is 2.36 bits per heavy atom. The van der Waals surface area contributed by atoms with Crippen LogP contribution in [0, 0.1) is 0 Å². The third-order valence-corrected chi connectivity index (χ3v) is 8.06. The van der Waals surface area contributed by atoms with E-state index < -0.39 is 16.1 Å². The van der Waals surface area contributed by atoms with Gasteiger partial charge in [-0.15, -0.1) is 0 Å². The van der Waals surface area contributed by atoms with Gasteiger partial charge < -0.3 is 9.64 Å². The number of benzene rings is 3. The number of anilines is 1. The highest BCUT2D eigenvalue weighted by Gasteiger charge is 2.30. The molecule has 0 aromatic heterocycles. The first-order chi connectivity index (χ1) is 18.7. The molecule has 1 atom stereocenters. The first-order valence-corrected chi connectivity index (χ1v) is 15.5. The van der Waals surface area contributed by atoms with Crippen LogP contribution in [0.15, 0.2) is 72.8 Å². The van der Waals surface area contributed by atoms with Crippen molar-refractivity contribution in [1.82, 2.24) is 10.2 Å². The summed E-state index contributed by atoms with van der Waals surface area (Å²) in [5.41, 5.74) is 3.51. The van der Waals surface area contributed by atoms with Crippen LogP contribution in [-0.4, -0.2) is 51.2 Å². The van der Waals surface area contributed by atoms with Gasteiger partial charge in [-0.25, -0.2) is 8.42 Å². The van der Waals surface area contributed by atoms with Crippen LogP contribution in [0.3, 0.4) is 0 Å². The minimum absolute atomic E-state index is 0.0129. The Kier molecular flexibility index (Phi) is 10.3. The molecule has 3 aromatic carbocycles. The molecule has 7 nitrogen and oxygen atoms in total. The van der Waals surface area contributed by atoms with Crippen molar-refractivity contribution in [3.8, 4) is 0 Å². The number of carbonyl (C=O) groups excluding carboxylic acids is 1. The number of hydrogen-bond acceptors (Lipinski definition) is 5. The topological polar surface area (TPSA) is 87.7 Å². The Morgan fingerprint density at radius 1 is 0.974 bits per heavy atom. The summed E-state index contributed by atoms with van der Waals surface area (Å²) in [6.45, 7) is 2.20. The Morgan fingerprint density at radius 2 is 1.67 bits per heavy atom. The molecule has 3 aromatic rings. The van der Waals surface area contributed by atoms with Gasteiger partial charge in [0.25, 0.3) is 0 Å². The molecule has 0 radical (unpaired) electrons. The van der Waals surface area contributed by atoms with Crippen molar-refractivity contribution < 1.29 is 17.9 Å². The Labute approximate surface area is 240 Å². The first-order valence-electron chi connectivity index (χ1n) is 12.8. The van der Waals surface area contributed by atoms with Crippen LogP contribution in [0.4, 0.5) is 5.69 Å². The molecule has 39 heavy (non-hydrogen) atoms. The van der Waals surface area contributed by atoms with Gasteiger partial charge in [0.15, 0.2) is 0 Å². The van der Waals surface area contributed by atoms with Gasteiger partial charge in [-0.3, -0.25) is 14.8 Å². The van der Waals surface area contributed by atoms with E-state index >= 15 is 0 Å². The molecular formula is C29H33Cl2N3O4S. The summed E-state index contributed by atoms with van der Waals surface area (Å²) in [6, 6.07) is 22.2. The maximum atomic E-state index is 13.6. The molecule has 1 unspecified atom stereocenters. The number of carbonyl (C=O) groups is 1. The molecular weight excluding hydrogens is 557 g/mol. The number of hydrogen-bond donors (Lipinski definition) is 2. The summed E-state index contributed by atoms with van der Waals surface area (Å²) in [6.07, 6.45) is 2.63. The Hall–Kier alpha value is -2.62. The van der Waals surface area contributed by atoms with E-state index in [9.17, 15) is 13.2 Å². The van der Waals surface area contributed by atoms with Crippen LogP contribution in [-0.2, 0) is 32.7 Å². The van der Waals surface area contributed by atoms with Gasteiger partial charge in [0.05, 0.1) is 35.2 Å². The number of halogens is 2. The van der Waals surface area contributed by atoms with Crippen LogP contribution in [0.5, 0.6) is 0 Å². The summed E-state index contributed by atoms with van der Waals surface area (Å²) >= 11 is 12.1. The Bertz CT molecular complexity index is 1360. The number of piperidine rings is 1. The highest BCUT2D eigenvalue weighted by molar-refractivity contribution is 7.92. The molecule has 0 aliphatic carbocycles. The Balaban J connectivity index is 1.39. The van der Waals surface area contributed by atoms with Gasteiger partial charge in [-0.2, -0.15) is 0 Å². The third-order valence-electron chi connectivity index (χ3n) is 6.73. The fourth-order valence-corrected chi connectivity index (χ4v) is 5.66. The molecule has 208 valence electrons. The van der Waals surface area contributed by atoms with Crippen molar-refractivity contribution in [3.63, 3.8) is 0 Å². The van der Waals surface area contributed by atoms with Gasteiger partial charge in [-0.1, -0.05) is 77.8 Å². The van der Waals surface area contributed by atoms with Crippen molar-refractivity contribution in [3.05, 3.63) is 99.5 Å². The number of para-hydroxylation sites is 1. The lowest BCUT2D eigenvalue weighted by Gasteiger charge is -2.35. The monoisotopic (exact) mass is 589 g/mol. The first kappa shape index (κ1) is 29.4. The van der Waals surface area contributed by atoms with Crippen LogP contribution in [0.25, 0.3) is 0 Å². The summed E-state index contributed by atoms with van der Waals surface area (Å²) in [7, 11) is -3.39. The molecule has 0 bridgehead atoms. The summed E-state index contributed by atoms with van der Waals surface area (Å²) in [5.74, 6) is 0.141. The number of amides is 1. The number of sulfonamides is 1. The average Bonchev–Trinajstić information content (AvgIpc) is 2.92. The van der Waals surface area contributed by atoms with Crippen molar-refractivity contribution >= 4 is 44.8 Å². The zero-order valence-electron chi connectivity index (χ0n) is 21.8. The second-order valence-corrected chi connectivity index (χ2v) is 12.3. The average molecular weight is 591 g/mol. The van der Waals surface area contributed by atoms with E-state index in [1.165, 1.54) is 0 Å². The minimum Gasteiger partial charge on any atom is -0.375 e. The molecule has 10 heteroatoms. The van der Waals surface area contributed by atoms with Crippen molar-refractivity contribution in [1.29, 1.82) is 0 Å². The molecule has 1 aliphatic heterocycles. The molecule has 1 fully saturated rings. The number of nitrogens with zero attached hydrogens (tertiary/aromatic N) is 1. The lowest BCUT2D eigenvalue weighted by Crippen LogP contribution is -2.50. The lowest BCUT2D eigenvalue weighted by molar-refractivity contribution is -0.136. The molecule has 1 heterocycles. The van der Waals surface area contributed by atoms with E-state index in [4.69, 9.17) is 27.9 Å². The van der Waals surface area contributed by atoms with Gasteiger partial charge in [0.2, 0.25) is 15.9 Å². The standard InChI is InChI=1S/C29H33Cl2N3O4S/c1-39(36,37)33-27-10-6-5-9-24(27)23-13-15-34(16-14-23)29(35)28(32-18-21-7-3-2-4-8-21)20-38-19-22-11-12-25(30)26(31)17-22/h2-12,17,23,28,32-33H,13-16,18-20H2,1H3. The summed E-state index contributed by atoms with van der Waals surface area (Å²) < 4.78 is 32.2. The van der Waals surface area contributed by atoms with Crippen LogP contribution < -0.4 is 10.0 Å². The predicted octanol–water partition coefficient (Wildman–Crippen LogP) is 5.45. The predicted molar refractivity (Wildman–Crippen MR) is 157 cm³/mol. The van der Waals surface area contributed by atoms with Crippen molar-refractivity contribution in [2.75, 3.05) is 30.7 Å². The van der Waals surface area contributed by atoms with Gasteiger partial charge in [-0.05, 0) is 53.6 Å². The van der Waals surface area contributed by atoms with E-state index in [1.807, 2.05) is 59.5 Å². The summed E-state index contributed by atoms with van der Waals surface area (Å²) in [5, 5.41) is 4.32. The number of rotatable bonds is 11. The second-order valence-electron chi connectivity index (χ2n) is 9.74. The number of likely N-dealkylation sites (tertiary alicyclic amines) is 1. The van der Waals surface area contributed by atoms with E-state index in [1.54, 1.807) is 18.2 Å². The molecule has 4 rings (SSSR count). The van der Waals surface area contributed by atoms with Gasteiger partial charge in [0, 0.05) is 19.6 Å². The third kappa shape index (κ3) is 8.68. The fraction of sp³-hybridized carbons (Fsp3) is 0.345. The number of nitrogens with one attached hydrogen (secondary N) is 2. The van der Waals surface area contributed by atoms with Gasteiger partial charge in [0.1, 0.15) is 6.04 Å². The molecule has 0 spiro atoms. The van der Waals surface area contributed by atoms with E-state index in [0.717, 1.165) is 35.8 Å². The highest BCUT2D eigenvalue weighted by Crippen LogP contribution is 2.33. The molecule has 2 N–H and O–H groups in total. The lowest BCUT2D eigenvalue weighted by atomic mass is 9.88. The minimum atomic E-state index is -3.39. The zero-order valence-corrected chi connectivity index (χ0v) is 24.1. The molecule has 1 aliphatic rings. The SMILES string of the molecule is CS(=O)(=O)Nc1ccccc1C1CCN(C(=O)C(COCc2ccc(Cl)c(Cl)c2)NCc2ccccc2)CC1. The normalized spacial score (nSPS) is 15.2. The highest BCUT2D eigenvalue weighted by atomic mass is 35.5. The zero-order chi connectivity index (χ0) is 27.8. The summed E-state index contributed by atoms with van der Waals surface area (Å²) in [4.78, 5) is 15.5. The smallest absolute Gasteiger partial charge is 0.242 e. The largest absolute Gasteiger partial charge is 0.375 e. The van der Waals surface area contributed by atoms with Crippen LogP contribution in [0.2, 0.25) is 10.0 Å². The molecule has 0 saturated carbocycles. The maximum absolute atomic E-state index is 13.6. The maximum Gasteiger partial charge on any atom is 0.242 e. The fourth-order valence-electron chi connectivity index (χ4n) is 4.76. The van der Waals surface area contributed by atoms with E-state index in [-0.39, 0.29) is 18.4 Å². The van der Waals surface area contributed by atoms with E-state index in [2.05, 4.69) is 10.0 Å². The van der Waals surface area contributed by atoms with Crippen LogP contribution >= 0.6 is 23.2 Å². The van der Waals surface area contributed by atoms with Crippen molar-refractivity contribution in [2.24, 2.45) is 0 Å². The molecule has 1 saturated heterocycles. The van der Waals surface area contributed by atoms with Gasteiger partial charge >= 0.3 is 0 Å².